The van der Waals surface area contributed by atoms with Crippen molar-refractivity contribution in [3.05, 3.63) is 47.5 Å². The third kappa shape index (κ3) is 6.82. The van der Waals surface area contributed by atoms with Crippen LogP contribution in [0.5, 0.6) is 0 Å². The fourth-order valence-corrected chi connectivity index (χ4v) is 4.52. The Morgan fingerprint density at radius 2 is 1.56 bits per heavy atom. The van der Waals surface area contributed by atoms with E-state index in [1.807, 2.05) is 5.32 Å². The SMILES string of the molecule is CC(O)(C(=O)Nc1ccc(S(=O)(=O)c2ccc(NCCNS(C)(=O)=O)cc2)cc1Cl)C(F)(F)F. The van der Waals surface area contributed by atoms with Crippen LogP contribution in [0.3, 0.4) is 0 Å². The van der Waals surface area contributed by atoms with Gasteiger partial charge < -0.3 is 15.7 Å². The minimum Gasteiger partial charge on any atom is -0.384 e. The lowest BCUT2D eigenvalue weighted by Crippen LogP contribution is -2.52. The molecular weight excluding hydrogens is 523 g/mol. The summed E-state index contributed by atoms with van der Waals surface area (Å²) in [6, 6.07) is 8.52. The number of amides is 1. The topological polar surface area (TPSA) is 142 Å². The van der Waals surface area contributed by atoms with Crippen molar-refractivity contribution >= 4 is 48.7 Å². The van der Waals surface area contributed by atoms with Crippen LogP contribution in [0.2, 0.25) is 5.02 Å². The van der Waals surface area contributed by atoms with Crippen LogP contribution in [0.25, 0.3) is 0 Å². The van der Waals surface area contributed by atoms with Crippen LogP contribution in [0.4, 0.5) is 24.5 Å². The van der Waals surface area contributed by atoms with E-state index in [4.69, 9.17) is 11.6 Å². The summed E-state index contributed by atoms with van der Waals surface area (Å²) in [6.07, 6.45) is -4.22. The number of halogens is 4. The van der Waals surface area contributed by atoms with Crippen LogP contribution in [-0.4, -0.2) is 59.0 Å². The number of sulfonamides is 1. The van der Waals surface area contributed by atoms with E-state index >= 15 is 0 Å². The molecule has 0 saturated heterocycles. The number of benzene rings is 2. The van der Waals surface area contributed by atoms with E-state index in [-0.39, 0.29) is 40.5 Å². The molecule has 9 nitrogen and oxygen atoms in total. The molecule has 1 atom stereocenters. The number of hydrogen-bond acceptors (Lipinski definition) is 7. The lowest BCUT2D eigenvalue weighted by Gasteiger charge is -2.25. The molecule has 2 rings (SSSR count). The molecule has 0 spiro atoms. The Morgan fingerprint density at radius 1 is 1.00 bits per heavy atom. The summed E-state index contributed by atoms with van der Waals surface area (Å²) in [5.41, 5.74) is -3.47. The summed E-state index contributed by atoms with van der Waals surface area (Å²) >= 11 is 5.96. The van der Waals surface area contributed by atoms with E-state index in [1.54, 1.807) is 0 Å². The van der Waals surface area contributed by atoms with E-state index in [9.17, 15) is 39.9 Å². The van der Waals surface area contributed by atoms with Gasteiger partial charge in [0.2, 0.25) is 25.5 Å². The third-order valence-corrected chi connectivity index (χ3v) is 7.28. The fraction of sp³-hybridized carbons (Fsp3) is 0.316. The molecule has 15 heteroatoms. The molecule has 0 aliphatic heterocycles. The van der Waals surface area contributed by atoms with Gasteiger partial charge in [0.25, 0.3) is 5.91 Å². The van der Waals surface area contributed by atoms with Crippen molar-refractivity contribution < 1.29 is 39.9 Å². The Bertz CT molecular complexity index is 1270. The number of hydrogen-bond donors (Lipinski definition) is 4. The van der Waals surface area contributed by atoms with Gasteiger partial charge in [-0.15, -0.1) is 0 Å². The van der Waals surface area contributed by atoms with Gasteiger partial charge >= 0.3 is 6.18 Å². The molecular formula is C19H21ClF3N3O6S2. The largest absolute Gasteiger partial charge is 0.426 e. The summed E-state index contributed by atoms with van der Waals surface area (Å²) in [5.74, 6) is -1.78. The average Bonchev–Trinajstić information content (AvgIpc) is 2.71. The standard InChI is InChI=1S/C19H21ClF3N3O6S2/c1-18(28,19(21,22)23)17(27)26-16-8-7-14(11-15(16)20)34(31,32)13-5-3-12(4-6-13)24-9-10-25-33(2,29)30/h3-8,11,24-25,28H,9-10H2,1-2H3,(H,26,27). The average molecular weight is 544 g/mol. The van der Waals surface area contributed by atoms with Crippen molar-refractivity contribution in [3.8, 4) is 0 Å². The second kappa shape index (κ2) is 10.1. The Kier molecular flexibility index (Phi) is 8.25. The molecule has 0 aliphatic carbocycles. The van der Waals surface area contributed by atoms with E-state index in [0.29, 0.717) is 5.69 Å². The van der Waals surface area contributed by atoms with Crippen molar-refractivity contribution in [1.82, 2.24) is 4.72 Å². The predicted octanol–water partition coefficient (Wildman–Crippen LogP) is 2.39. The highest BCUT2D eigenvalue weighted by Gasteiger charge is 2.55. The van der Waals surface area contributed by atoms with Gasteiger partial charge in [-0.1, -0.05) is 11.6 Å². The first-order valence-electron chi connectivity index (χ1n) is 9.39. The molecule has 2 aromatic rings. The normalized spacial score (nSPS) is 14.3. The number of carbonyl (C=O) groups is 1. The lowest BCUT2D eigenvalue weighted by atomic mass is 10.1. The monoisotopic (exact) mass is 543 g/mol. The second-order valence-corrected chi connectivity index (χ2v) is 11.5. The molecule has 0 aliphatic rings. The number of anilines is 2. The first-order valence-corrected chi connectivity index (χ1v) is 13.1. The molecule has 0 radical (unpaired) electrons. The van der Waals surface area contributed by atoms with E-state index in [0.717, 1.165) is 24.5 Å². The highest BCUT2D eigenvalue weighted by atomic mass is 35.5. The minimum absolute atomic E-state index is 0.111. The van der Waals surface area contributed by atoms with Crippen LogP contribution in [0, 0.1) is 0 Å². The number of aliphatic hydroxyl groups is 1. The molecule has 0 heterocycles. The minimum atomic E-state index is -5.24. The van der Waals surface area contributed by atoms with Crippen LogP contribution in [-0.2, 0) is 24.7 Å². The lowest BCUT2D eigenvalue weighted by molar-refractivity contribution is -0.242. The first kappa shape index (κ1) is 27.9. The zero-order chi connectivity index (χ0) is 25.9. The summed E-state index contributed by atoms with van der Waals surface area (Å²) in [7, 11) is -7.39. The van der Waals surface area contributed by atoms with Gasteiger partial charge in [-0.3, -0.25) is 4.79 Å². The molecule has 0 saturated carbocycles. The second-order valence-electron chi connectivity index (χ2n) is 7.29. The van der Waals surface area contributed by atoms with Crippen molar-refractivity contribution in [2.24, 2.45) is 0 Å². The van der Waals surface area contributed by atoms with Gasteiger partial charge in [-0.25, -0.2) is 21.6 Å². The molecule has 34 heavy (non-hydrogen) atoms. The number of nitrogens with one attached hydrogen (secondary N) is 3. The smallest absolute Gasteiger partial charge is 0.384 e. The maximum atomic E-state index is 12.9. The number of alkyl halides is 3. The van der Waals surface area contributed by atoms with Crippen molar-refractivity contribution in [2.45, 2.75) is 28.5 Å². The van der Waals surface area contributed by atoms with Gasteiger partial charge in [0.1, 0.15) is 0 Å². The Morgan fingerprint density at radius 3 is 2.06 bits per heavy atom. The van der Waals surface area contributed by atoms with Gasteiger partial charge in [0, 0.05) is 18.8 Å². The predicted molar refractivity (Wildman–Crippen MR) is 120 cm³/mol. The zero-order valence-corrected chi connectivity index (χ0v) is 20.2. The maximum Gasteiger partial charge on any atom is 0.426 e. The highest BCUT2D eigenvalue weighted by Crippen LogP contribution is 2.33. The molecule has 0 aromatic heterocycles. The Balaban J connectivity index is 2.15. The third-order valence-electron chi connectivity index (χ3n) is 4.48. The summed E-state index contributed by atoms with van der Waals surface area (Å²) in [4.78, 5) is 11.4. The maximum absolute atomic E-state index is 12.9. The molecule has 188 valence electrons. The van der Waals surface area contributed by atoms with Crippen molar-refractivity contribution in [2.75, 3.05) is 30.0 Å². The van der Waals surface area contributed by atoms with Crippen molar-refractivity contribution in [1.29, 1.82) is 0 Å². The molecule has 1 amide bonds. The van der Waals surface area contributed by atoms with Crippen LogP contribution in [0.15, 0.2) is 52.3 Å². The number of rotatable bonds is 9. The van der Waals surface area contributed by atoms with Gasteiger partial charge in [-0.05, 0) is 49.4 Å². The van der Waals surface area contributed by atoms with Crippen molar-refractivity contribution in [3.63, 3.8) is 0 Å². The Labute approximate surface area is 199 Å². The molecule has 0 fully saturated rings. The first-order chi connectivity index (χ1) is 15.4. The molecule has 4 N–H and O–H groups in total. The highest BCUT2D eigenvalue weighted by molar-refractivity contribution is 7.91. The van der Waals surface area contributed by atoms with Crippen LogP contribution < -0.4 is 15.4 Å². The van der Waals surface area contributed by atoms with E-state index in [1.165, 1.54) is 24.3 Å². The molecule has 1 unspecified atom stereocenters. The van der Waals surface area contributed by atoms with E-state index in [2.05, 4.69) is 10.0 Å². The summed E-state index contributed by atoms with van der Waals surface area (Å²) in [6.45, 7) is 0.650. The van der Waals surface area contributed by atoms with Gasteiger partial charge in [-0.2, -0.15) is 13.2 Å². The zero-order valence-electron chi connectivity index (χ0n) is 17.8. The summed E-state index contributed by atoms with van der Waals surface area (Å²) < 4.78 is 88.5. The number of carbonyl (C=O) groups excluding carboxylic acids is 1. The quantitative estimate of drug-likeness (QED) is 0.356. The van der Waals surface area contributed by atoms with Crippen LogP contribution >= 0.6 is 11.6 Å². The Hall–Kier alpha value is -2.39. The van der Waals surface area contributed by atoms with Crippen LogP contribution in [0.1, 0.15) is 6.92 Å². The van der Waals surface area contributed by atoms with E-state index < -0.39 is 37.5 Å². The van der Waals surface area contributed by atoms with Gasteiger partial charge in [0.15, 0.2) is 0 Å². The van der Waals surface area contributed by atoms with Gasteiger partial charge in [0.05, 0.1) is 26.8 Å². The number of sulfone groups is 1. The fourth-order valence-electron chi connectivity index (χ4n) is 2.47. The molecule has 2 aromatic carbocycles. The molecule has 0 bridgehead atoms. The summed E-state index contributed by atoms with van der Waals surface area (Å²) in [5, 5.41) is 13.8.